The molecule has 0 aromatic heterocycles. The first-order valence-corrected chi connectivity index (χ1v) is 8.36. The summed E-state index contributed by atoms with van der Waals surface area (Å²) < 4.78 is 27.3. The Hall–Kier alpha value is -1.92. The highest BCUT2D eigenvalue weighted by molar-refractivity contribution is 7.93. The quantitative estimate of drug-likeness (QED) is 0.880. The number of hydrogen-bond donors (Lipinski definition) is 1. The minimum Gasteiger partial charge on any atom is -0.389 e. The maximum atomic E-state index is 12.9. The molecule has 0 atom stereocenters. The summed E-state index contributed by atoms with van der Waals surface area (Å²) >= 11 is 4.97. The van der Waals surface area contributed by atoms with E-state index in [2.05, 4.69) is 0 Å². The van der Waals surface area contributed by atoms with E-state index in [4.69, 9.17) is 18.0 Å². The van der Waals surface area contributed by atoms with E-state index in [-0.39, 0.29) is 9.88 Å². The molecule has 2 aromatic rings. The normalized spacial score (nSPS) is 14.0. The van der Waals surface area contributed by atoms with Crippen LogP contribution in [-0.4, -0.2) is 20.0 Å². The first-order valence-electron chi connectivity index (χ1n) is 6.51. The standard InChI is InChI=1S/C15H14N2O2S2/c16-15(20)12-6-2-4-8-14(12)21(18,19)17-10-9-11-5-1-3-7-13(11)17/h1-8H,9-10H2,(H2,16,20). The monoisotopic (exact) mass is 318 g/mol. The van der Waals surface area contributed by atoms with E-state index in [9.17, 15) is 8.42 Å². The van der Waals surface area contributed by atoms with E-state index in [1.807, 2.05) is 24.3 Å². The Labute approximate surface area is 129 Å². The molecule has 108 valence electrons. The second kappa shape index (κ2) is 5.13. The number of anilines is 1. The van der Waals surface area contributed by atoms with Crippen molar-refractivity contribution in [3.8, 4) is 0 Å². The van der Waals surface area contributed by atoms with Crippen molar-refractivity contribution >= 4 is 32.9 Å². The van der Waals surface area contributed by atoms with Crippen LogP contribution < -0.4 is 10.0 Å². The molecular formula is C15H14N2O2S2. The van der Waals surface area contributed by atoms with Gasteiger partial charge in [-0.15, -0.1) is 0 Å². The van der Waals surface area contributed by atoms with Gasteiger partial charge in [0.1, 0.15) is 4.99 Å². The van der Waals surface area contributed by atoms with Crippen LogP contribution in [0.1, 0.15) is 11.1 Å². The van der Waals surface area contributed by atoms with Crippen LogP contribution in [0.3, 0.4) is 0 Å². The molecule has 2 aromatic carbocycles. The third-order valence-corrected chi connectivity index (χ3v) is 5.66. The number of nitrogens with zero attached hydrogens (tertiary/aromatic N) is 1. The van der Waals surface area contributed by atoms with Crippen molar-refractivity contribution in [1.82, 2.24) is 0 Å². The Bertz CT molecular complexity index is 816. The average Bonchev–Trinajstić information content (AvgIpc) is 2.92. The summed E-state index contributed by atoms with van der Waals surface area (Å²) in [5.41, 5.74) is 7.81. The van der Waals surface area contributed by atoms with Crippen molar-refractivity contribution in [2.24, 2.45) is 5.73 Å². The van der Waals surface area contributed by atoms with Crippen LogP contribution in [0, 0.1) is 0 Å². The van der Waals surface area contributed by atoms with Crippen LogP contribution in [0.4, 0.5) is 5.69 Å². The summed E-state index contributed by atoms with van der Waals surface area (Å²) in [6, 6.07) is 14.1. The van der Waals surface area contributed by atoms with Gasteiger partial charge in [0, 0.05) is 12.1 Å². The molecule has 21 heavy (non-hydrogen) atoms. The number of rotatable bonds is 3. The van der Waals surface area contributed by atoms with Gasteiger partial charge in [0.05, 0.1) is 10.6 Å². The molecule has 2 N–H and O–H groups in total. The zero-order valence-electron chi connectivity index (χ0n) is 11.2. The lowest BCUT2D eigenvalue weighted by atomic mass is 10.2. The third kappa shape index (κ3) is 2.30. The summed E-state index contributed by atoms with van der Waals surface area (Å²) in [7, 11) is -3.66. The van der Waals surface area contributed by atoms with E-state index < -0.39 is 10.0 Å². The van der Waals surface area contributed by atoms with Gasteiger partial charge in [0.15, 0.2) is 0 Å². The Morgan fingerprint density at radius 1 is 1.10 bits per heavy atom. The maximum Gasteiger partial charge on any atom is 0.265 e. The Kier molecular flexibility index (Phi) is 3.43. The number of thiocarbonyl (C=S) groups is 1. The molecule has 1 aliphatic rings. The molecule has 0 radical (unpaired) electrons. The van der Waals surface area contributed by atoms with Gasteiger partial charge in [-0.25, -0.2) is 8.42 Å². The van der Waals surface area contributed by atoms with Gasteiger partial charge in [-0.1, -0.05) is 48.6 Å². The summed E-state index contributed by atoms with van der Waals surface area (Å²) in [5.74, 6) is 0. The molecule has 1 aliphatic heterocycles. The van der Waals surface area contributed by atoms with Gasteiger partial charge in [-0.05, 0) is 24.1 Å². The Morgan fingerprint density at radius 2 is 1.76 bits per heavy atom. The van der Waals surface area contributed by atoms with Gasteiger partial charge in [0.2, 0.25) is 0 Å². The number of benzene rings is 2. The van der Waals surface area contributed by atoms with Crippen LogP contribution >= 0.6 is 12.2 Å². The largest absolute Gasteiger partial charge is 0.389 e. The molecule has 6 heteroatoms. The van der Waals surface area contributed by atoms with Crippen molar-refractivity contribution in [1.29, 1.82) is 0 Å². The molecule has 3 rings (SSSR count). The molecule has 0 amide bonds. The zero-order chi connectivity index (χ0) is 15.0. The lowest BCUT2D eigenvalue weighted by Gasteiger charge is -2.21. The first-order chi connectivity index (χ1) is 10.0. The predicted molar refractivity (Wildman–Crippen MR) is 87.0 cm³/mol. The van der Waals surface area contributed by atoms with Crippen molar-refractivity contribution in [2.45, 2.75) is 11.3 Å². The molecule has 1 heterocycles. The van der Waals surface area contributed by atoms with Crippen molar-refractivity contribution in [3.05, 3.63) is 59.7 Å². The second-order valence-corrected chi connectivity index (χ2v) is 7.09. The lowest BCUT2D eigenvalue weighted by Crippen LogP contribution is -2.31. The molecule has 0 spiro atoms. The van der Waals surface area contributed by atoms with Gasteiger partial charge in [-0.3, -0.25) is 4.31 Å². The molecule has 0 bridgehead atoms. The number of sulfonamides is 1. The van der Waals surface area contributed by atoms with Gasteiger partial charge < -0.3 is 5.73 Å². The van der Waals surface area contributed by atoms with Gasteiger partial charge in [-0.2, -0.15) is 0 Å². The highest BCUT2D eigenvalue weighted by Gasteiger charge is 2.32. The smallest absolute Gasteiger partial charge is 0.265 e. The van der Waals surface area contributed by atoms with E-state index in [1.165, 1.54) is 4.31 Å². The van der Waals surface area contributed by atoms with Gasteiger partial charge in [0.25, 0.3) is 10.0 Å². The second-order valence-electron chi connectivity index (χ2n) is 4.82. The topological polar surface area (TPSA) is 63.4 Å². The predicted octanol–water partition coefficient (Wildman–Crippen LogP) is 2.07. The fourth-order valence-corrected chi connectivity index (χ4v) is 4.53. The zero-order valence-corrected chi connectivity index (χ0v) is 12.8. The Morgan fingerprint density at radius 3 is 2.52 bits per heavy atom. The van der Waals surface area contributed by atoms with Crippen molar-refractivity contribution in [2.75, 3.05) is 10.8 Å². The highest BCUT2D eigenvalue weighted by Crippen LogP contribution is 2.33. The number of para-hydroxylation sites is 1. The number of hydrogen-bond acceptors (Lipinski definition) is 3. The SMILES string of the molecule is NC(=S)c1ccccc1S(=O)(=O)N1CCc2ccccc21. The number of nitrogens with two attached hydrogens (primary N) is 1. The van der Waals surface area contributed by atoms with Crippen molar-refractivity contribution < 1.29 is 8.42 Å². The molecule has 0 saturated heterocycles. The Balaban J connectivity index is 2.14. The minimum absolute atomic E-state index is 0.0849. The van der Waals surface area contributed by atoms with E-state index in [0.717, 1.165) is 11.3 Å². The van der Waals surface area contributed by atoms with Crippen LogP contribution in [0.25, 0.3) is 0 Å². The highest BCUT2D eigenvalue weighted by atomic mass is 32.2. The molecule has 4 nitrogen and oxygen atoms in total. The molecule has 0 unspecified atom stereocenters. The maximum absolute atomic E-state index is 12.9. The van der Waals surface area contributed by atoms with Crippen LogP contribution in [0.5, 0.6) is 0 Å². The minimum atomic E-state index is -3.66. The third-order valence-electron chi connectivity index (χ3n) is 3.57. The summed E-state index contributed by atoms with van der Waals surface area (Å²) in [6.45, 7) is 0.438. The van der Waals surface area contributed by atoms with Crippen molar-refractivity contribution in [3.63, 3.8) is 0 Å². The van der Waals surface area contributed by atoms with E-state index in [1.54, 1.807) is 24.3 Å². The average molecular weight is 318 g/mol. The fraction of sp³-hybridized carbons (Fsp3) is 0.133. The van der Waals surface area contributed by atoms with Crippen LogP contribution in [0.15, 0.2) is 53.4 Å². The fourth-order valence-electron chi connectivity index (χ4n) is 2.57. The summed E-state index contributed by atoms with van der Waals surface area (Å²) in [6.07, 6.45) is 0.713. The molecule has 0 aliphatic carbocycles. The lowest BCUT2D eigenvalue weighted by molar-refractivity contribution is 0.592. The van der Waals surface area contributed by atoms with E-state index >= 15 is 0 Å². The number of fused-ring (bicyclic) bond motifs is 1. The van der Waals surface area contributed by atoms with Crippen LogP contribution in [0.2, 0.25) is 0 Å². The molecule has 0 saturated carbocycles. The van der Waals surface area contributed by atoms with Crippen LogP contribution in [-0.2, 0) is 16.4 Å². The van der Waals surface area contributed by atoms with Gasteiger partial charge >= 0.3 is 0 Å². The molecular weight excluding hydrogens is 304 g/mol. The summed E-state index contributed by atoms with van der Waals surface area (Å²) in [4.78, 5) is 0.246. The first kappa shape index (κ1) is 14.0. The van der Waals surface area contributed by atoms with E-state index in [0.29, 0.717) is 18.5 Å². The summed E-state index contributed by atoms with van der Waals surface area (Å²) in [5, 5.41) is 0. The molecule has 0 fully saturated rings.